The maximum Gasteiger partial charge on any atom is 0.261 e. The second-order valence-corrected chi connectivity index (χ2v) is 11.7. The molecule has 168 valence electrons. The molecule has 2 atom stereocenters. The van der Waals surface area contributed by atoms with Gasteiger partial charge < -0.3 is 5.32 Å². The van der Waals surface area contributed by atoms with E-state index in [-0.39, 0.29) is 21.4 Å². The van der Waals surface area contributed by atoms with E-state index in [0.717, 1.165) is 6.42 Å². The Kier molecular flexibility index (Phi) is 6.73. The Morgan fingerprint density at radius 1 is 0.839 bits per heavy atom. The van der Waals surface area contributed by atoms with Crippen molar-refractivity contribution in [1.82, 2.24) is 4.31 Å². The standard InChI is InChI=1S/C21H27N3O5S2/c1-15-12-16(2)14-24(13-15)31(28,29)21-10-6-19(7-11-21)23-30(26,27)20-8-4-18(5-9-20)22-17(3)25/h4-11,15-16,23H,12-14H2,1-3H3,(H,22,25)/t15-,16-/m1/s1. The molecule has 1 aliphatic heterocycles. The van der Waals surface area contributed by atoms with Gasteiger partial charge in [0.1, 0.15) is 0 Å². The van der Waals surface area contributed by atoms with Crippen molar-refractivity contribution in [3.8, 4) is 0 Å². The van der Waals surface area contributed by atoms with Crippen LogP contribution in [0.2, 0.25) is 0 Å². The van der Waals surface area contributed by atoms with E-state index in [1.54, 1.807) is 0 Å². The lowest BCUT2D eigenvalue weighted by Crippen LogP contribution is -2.42. The van der Waals surface area contributed by atoms with Crippen molar-refractivity contribution in [2.45, 2.75) is 37.0 Å². The number of amides is 1. The maximum atomic E-state index is 13.0. The molecule has 0 bridgehead atoms. The molecule has 2 aromatic carbocycles. The second kappa shape index (κ2) is 8.97. The number of nitrogens with one attached hydrogen (secondary N) is 2. The SMILES string of the molecule is CC(=O)Nc1ccc(S(=O)(=O)Nc2ccc(S(=O)(=O)N3C[C@H](C)C[C@@H](C)C3)cc2)cc1. The summed E-state index contributed by atoms with van der Waals surface area (Å²) in [4.78, 5) is 11.2. The summed E-state index contributed by atoms with van der Waals surface area (Å²) in [6.07, 6.45) is 0.999. The average Bonchev–Trinajstić information content (AvgIpc) is 2.67. The Morgan fingerprint density at radius 3 is 1.84 bits per heavy atom. The molecule has 1 aliphatic rings. The van der Waals surface area contributed by atoms with Crippen molar-refractivity contribution in [2.24, 2.45) is 11.8 Å². The number of carbonyl (C=O) groups excluding carboxylic acids is 1. The van der Waals surface area contributed by atoms with Crippen LogP contribution < -0.4 is 10.0 Å². The van der Waals surface area contributed by atoms with Crippen molar-refractivity contribution in [3.63, 3.8) is 0 Å². The Hall–Kier alpha value is -2.43. The van der Waals surface area contributed by atoms with Gasteiger partial charge in [0.25, 0.3) is 10.0 Å². The predicted molar refractivity (Wildman–Crippen MR) is 120 cm³/mol. The van der Waals surface area contributed by atoms with Crippen LogP contribution in [0.25, 0.3) is 0 Å². The minimum atomic E-state index is -3.86. The zero-order valence-corrected chi connectivity index (χ0v) is 19.3. The molecule has 0 aliphatic carbocycles. The van der Waals surface area contributed by atoms with Crippen LogP contribution >= 0.6 is 0 Å². The molecule has 10 heteroatoms. The first-order valence-electron chi connectivity index (χ1n) is 9.98. The van der Waals surface area contributed by atoms with Crippen LogP contribution in [0.5, 0.6) is 0 Å². The molecule has 3 rings (SSSR count). The molecule has 1 heterocycles. The molecular formula is C21H27N3O5S2. The molecule has 0 radical (unpaired) electrons. The minimum absolute atomic E-state index is 0.0228. The minimum Gasteiger partial charge on any atom is -0.326 e. The van der Waals surface area contributed by atoms with Crippen LogP contribution in [-0.2, 0) is 24.8 Å². The lowest BCUT2D eigenvalue weighted by molar-refractivity contribution is -0.114. The molecular weight excluding hydrogens is 438 g/mol. The topological polar surface area (TPSA) is 113 Å². The van der Waals surface area contributed by atoms with E-state index in [2.05, 4.69) is 10.0 Å². The summed E-state index contributed by atoms with van der Waals surface area (Å²) in [6, 6.07) is 11.4. The zero-order chi connectivity index (χ0) is 22.8. The normalized spacial score (nSPS) is 20.2. The highest BCUT2D eigenvalue weighted by Crippen LogP contribution is 2.27. The van der Waals surface area contributed by atoms with E-state index in [4.69, 9.17) is 0 Å². The molecule has 8 nitrogen and oxygen atoms in total. The summed E-state index contributed by atoms with van der Waals surface area (Å²) < 4.78 is 55.1. The van der Waals surface area contributed by atoms with E-state index in [9.17, 15) is 21.6 Å². The Balaban J connectivity index is 1.74. The van der Waals surface area contributed by atoms with E-state index >= 15 is 0 Å². The molecule has 1 saturated heterocycles. The van der Waals surface area contributed by atoms with Crippen LogP contribution in [0.1, 0.15) is 27.2 Å². The first kappa shape index (κ1) is 23.2. The van der Waals surface area contributed by atoms with Crippen molar-refractivity contribution in [1.29, 1.82) is 0 Å². The fraction of sp³-hybridized carbons (Fsp3) is 0.381. The van der Waals surface area contributed by atoms with Gasteiger partial charge in [0.2, 0.25) is 15.9 Å². The highest BCUT2D eigenvalue weighted by atomic mass is 32.2. The van der Waals surface area contributed by atoms with Gasteiger partial charge in [-0.1, -0.05) is 13.8 Å². The van der Waals surface area contributed by atoms with Crippen molar-refractivity contribution >= 4 is 37.3 Å². The molecule has 1 amide bonds. The fourth-order valence-electron chi connectivity index (χ4n) is 3.78. The third-order valence-corrected chi connectivity index (χ3v) is 8.31. The smallest absolute Gasteiger partial charge is 0.261 e. The highest BCUT2D eigenvalue weighted by Gasteiger charge is 2.31. The molecule has 2 aromatic rings. The molecule has 2 N–H and O–H groups in total. The number of carbonyl (C=O) groups is 1. The predicted octanol–water partition coefficient (Wildman–Crippen LogP) is 3.11. The third kappa shape index (κ3) is 5.63. The number of benzene rings is 2. The van der Waals surface area contributed by atoms with E-state index in [1.807, 2.05) is 13.8 Å². The number of hydrogen-bond acceptors (Lipinski definition) is 5. The van der Waals surface area contributed by atoms with Gasteiger partial charge in [0.05, 0.1) is 9.79 Å². The number of sulfonamides is 2. The quantitative estimate of drug-likeness (QED) is 0.681. The van der Waals surface area contributed by atoms with Gasteiger partial charge in [-0.05, 0) is 66.8 Å². The molecule has 0 spiro atoms. The Bertz CT molecular complexity index is 1130. The molecule has 0 aromatic heterocycles. The van der Waals surface area contributed by atoms with Crippen molar-refractivity contribution in [2.75, 3.05) is 23.1 Å². The van der Waals surface area contributed by atoms with Crippen LogP contribution in [0, 0.1) is 11.8 Å². The van der Waals surface area contributed by atoms with Crippen LogP contribution in [-0.4, -0.2) is 40.1 Å². The fourth-order valence-corrected chi connectivity index (χ4v) is 6.52. The monoisotopic (exact) mass is 465 g/mol. The van der Waals surface area contributed by atoms with Gasteiger partial charge in [-0.2, -0.15) is 4.31 Å². The summed E-state index contributed by atoms with van der Waals surface area (Å²) >= 11 is 0. The summed E-state index contributed by atoms with van der Waals surface area (Å²) in [5.41, 5.74) is 0.743. The number of anilines is 2. The molecule has 0 unspecified atom stereocenters. The van der Waals surface area contributed by atoms with E-state index < -0.39 is 20.0 Å². The van der Waals surface area contributed by atoms with Crippen LogP contribution in [0.3, 0.4) is 0 Å². The second-order valence-electron chi connectivity index (χ2n) is 8.10. The van der Waals surface area contributed by atoms with E-state index in [0.29, 0.717) is 30.6 Å². The zero-order valence-electron chi connectivity index (χ0n) is 17.7. The Labute approximate surface area is 183 Å². The number of nitrogens with zero attached hydrogens (tertiary/aromatic N) is 1. The lowest BCUT2D eigenvalue weighted by atomic mass is 9.94. The van der Waals surface area contributed by atoms with Gasteiger partial charge in [0.15, 0.2) is 0 Å². The molecule has 1 fully saturated rings. The first-order chi connectivity index (χ1) is 14.5. The third-order valence-electron chi connectivity index (χ3n) is 5.06. The van der Waals surface area contributed by atoms with E-state index in [1.165, 1.54) is 59.8 Å². The van der Waals surface area contributed by atoms with Crippen LogP contribution in [0.4, 0.5) is 11.4 Å². The van der Waals surface area contributed by atoms with Gasteiger partial charge in [-0.3, -0.25) is 9.52 Å². The molecule has 31 heavy (non-hydrogen) atoms. The summed E-state index contributed by atoms with van der Waals surface area (Å²) in [6.45, 7) is 6.41. The van der Waals surface area contributed by atoms with Gasteiger partial charge in [0, 0.05) is 31.4 Å². The maximum absolute atomic E-state index is 13.0. The summed E-state index contributed by atoms with van der Waals surface area (Å²) in [5.74, 6) is 0.334. The first-order valence-corrected chi connectivity index (χ1v) is 12.9. The molecule has 0 saturated carbocycles. The number of hydrogen-bond donors (Lipinski definition) is 2. The summed E-state index contributed by atoms with van der Waals surface area (Å²) in [5, 5.41) is 2.57. The van der Waals surface area contributed by atoms with Crippen molar-refractivity contribution in [3.05, 3.63) is 48.5 Å². The van der Waals surface area contributed by atoms with Gasteiger partial charge in [-0.25, -0.2) is 16.8 Å². The van der Waals surface area contributed by atoms with Crippen LogP contribution in [0.15, 0.2) is 58.3 Å². The Morgan fingerprint density at radius 2 is 1.32 bits per heavy atom. The number of rotatable bonds is 6. The van der Waals surface area contributed by atoms with Crippen molar-refractivity contribution < 1.29 is 21.6 Å². The summed E-state index contributed by atoms with van der Waals surface area (Å²) in [7, 11) is -7.50. The van der Waals surface area contributed by atoms with Gasteiger partial charge in [-0.15, -0.1) is 0 Å². The number of piperidine rings is 1. The lowest BCUT2D eigenvalue weighted by Gasteiger charge is -2.34. The highest BCUT2D eigenvalue weighted by molar-refractivity contribution is 7.92. The average molecular weight is 466 g/mol. The largest absolute Gasteiger partial charge is 0.326 e. The van der Waals surface area contributed by atoms with Gasteiger partial charge >= 0.3 is 0 Å².